The number of carbonyl (C=O) groups is 1. The van der Waals surface area contributed by atoms with Crippen LogP contribution < -0.4 is 10.1 Å². The average molecular weight is 402 g/mol. The molecule has 150 valence electrons. The number of hydrogen-bond acceptors (Lipinski definition) is 5. The molecule has 3 aliphatic rings. The predicted molar refractivity (Wildman–Crippen MR) is 112 cm³/mol. The summed E-state index contributed by atoms with van der Waals surface area (Å²) in [5.74, 6) is 0.799. The van der Waals surface area contributed by atoms with Crippen molar-refractivity contribution < 1.29 is 14.3 Å². The van der Waals surface area contributed by atoms with Crippen LogP contribution >= 0.6 is 12.2 Å². The van der Waals surface area contributed by atoms with Gasteiger partial charge in [0.25, 0.3) is 5.91 Å². The highest BCUT2D eigenvalue weighted by Crippen LogP contribution is 2.25. The van der Waals surface area contributed by atoms with Crippen LogP contribution in [0.25, 0.3) is 6.08 Å². The summed E-state index contributed by atoms with van der Waals surface area (Å²) in [6.07, 6.45) is 6.48. The molecule has 0 aliphatic carbocycles. The lowest BCUT2D eigenvalue weighted by molar-refractivity contribution is -0.123. The molecule has 1 N–H and O–H groups in total. The minimum absolute atomic E-state index is 0.0797. The molecular formula is C21H27N3O3S. The summed E-state index contributed by atoms with van der Waals surface area (Å²) in [7, 11) is 1.70. The number of likely N-dealkylation sites (tertiary alicyclic amines) is 1. The van der Waals surface area contributed by atoms with Gasteiger partial charge in [0.05, 0.1) is 19.8 Å². The summed E-state index contributed by atoms with van der Waals surface area (Å²) < 4.78 is 11.2. The van der Waals surface area contributed by atoms with E-state index in [0.29, 0.717) is 17.4 Å². The van der Waals surface area contributed by atoms with E-state index < -0.39 is 0 Å². The number of amides is 1. The lowest BCUT2D eigenvalue weighted by Crippen LogP contribution is -2.37. The van der Waals surface area contributed by atoms with Crippen molar-refractivity contribution >= 4 is 29.3 Å². The second kappa shape index (κ2) is 8.59. The van der Waals surface area contributed by atoms with Gasteiger partial charge in [-0.05, 0) is 74.8 Å². The molecule has 7 heteroatoms. The molecule has 0 saturated carbocycles. The van der Waals surface area contributed by atoms with Crippen LogP contribution in [0.4, 0.5) is 0 Å². The van der Waals surface area contributed by atoms with Gasteiger partial charge >= 0.3 is 0 Å². The fraction of sp³-hybridized carbons (Fsp3) is 0.524. The van der Waals surface area contributed by atoms with Gasteiger partial charge in [-0.1, -0.05) is 6.07 Å². The van der Waals surface area contributed by atoms with Crippen molar-refractivity contribution in [3.63, 3.8) is 0 Å². The van der Waals surface area contributed by atoms with Gasteiger partial charge in [-0.3, -0.25) is 14.6 Å². The lowest BCUT2D eigenvalue weighted by atomic mass is 10.1. The largest absolute Gasteiger partial charge is 0.496 e. The van der Waals surface area contributed by atoms with Crippen LogP contribution in [0.2, 0.25) is 0 Å². The Bertz CT molecular complexity index is 783. The van der Waals surface area contributed by atoms with Crippen LogP contribution in [0.1, 0.15) is 36.8 Å². The number of rotatable bonds is 6. The van der Waals surface area contributed by atoms with Gasteiger partial charge < -0.3 is 14.8 Å². The van der Waals surface area contributed by atoms with E-state index in [2.05, 4.69) is 16.3 Å². The van der Waals surface area contributed by atoms with Crippen molar-refractivity contribution in [1.29, 1.82) is 0 Å². The van der Waals surface area contributed by atoms with Crippen molar-refractivity contribution in [2.24, 2.45) is 0 Å². The highest BCUT2D eigenvalue weighted by Gasteiger charge is 2.33. The van der Waals surface area contributed by atoms with Crippen LogP contribution in [0.15, 0.2) is 23.9 Å². The molecule has 0 aromatic heterocycles. The standard InChI is InChI=1S/C21H27N3O3S/c1-26-19-7-6-15(11-16(19)13-23-8-2-3-9-23)12-18-20(25)24(21(28)22-18)14-17-5-4-10-27-17/h6-7,11-12,17H,2-5,8-10,13-14H2,1H3,(H,22,28)/b18-12+. The molecular weight excluding hydrogens is 374 g/mol. The third kappa shape index (κ3) is 4.21. The molecule has 3 fully saturated rings. The van der Waals surface area contributed by atoms with Gasteiger partial charge in [0.1, 0.15) is 11.4 Å². The SMILES string of the molecule is COc1ccc(/C=C2/NC(=S)N(CC3CCCO3)C2=O)cc1CN1CCCC1. The molecule has 3 saturated heterocycles. The Hall–Kier alpha value is -1.96. The fourth-order valence-electron chi connectivity index (χ4n) is 4.09. The average Bonchev–Trinajstić information content (AvgIpc) is 3.43. The summed E-state index contributed by atoms with van der Waals surface area (Å²) in [4.78, 5) is 16.9. The van der Waals surface area contributed by atoms with E-state index >= 15 is 0 Å². The molecule has 1 aromatic carbocycles. The molecule has 1 aromatic rings. The molecule has 1 amide bonds. The molecule has 3 aliphatic heterocycles. The maximum atomic E-state index is 12.8. The normalized spacial score (nSPS) is 24.4. The van der Waals surface area contributed by atoms with E-state index in [1.54, 1.807) is 12.0 Å². The van der Waals surface area contributed by atoms with Gasteiger partial charge in [-0.2, -0.15) is 0 Å². The summed E-state index contributed by atoms with van der Waals surface area (Å²) in [6.45, 7) is 4.40. The van der Waals surface area contributed by atoms with Crippen molar-refractivity contribution in [1.82, 2.24) is 15.1 Å². The second-order valence-electron chi connectivity index (χ2n) is 7.59. The summed E-state index contributed by atoms with van der Waals surface area (Å²) in [5, 5.41) is 3.53. The third-order valence-corrected chi connectivity index (χ3v) is 5.90. The first kappa shape index (κ1) is 19.4. The highest BCUT2D eigenvalue weighted by molar-refractivity contribution is 7.80. The van der Waals surface area contributed by atoms with E-state index in [4.69, 9.17) is 21.7 Å². The Morgan fingerprint density at radius 3 is 2.86 bits per heavy atom. The number of nitrogens with one attached hydrogen (secondary N) is 1. The number of carbonyl (C=O) groups excluding carboxylic acids is 1. The molecule has 0 spiro atoms. The number of methoxy groups -OCH3 is 1. The van der Waals surface area contributed by atoms with Crippen molar-refractivity contribution in [3.8, 4) is 5.75 Å². The van der Waals surface area contributed by atoms with Crippen LogP contribution in [-0.4, -0.2) is 60.3 Å². The first-order valence-electron chi connectivity index (χ1n) is 9.99. The lowest BCUT2D eigenvalue weighted by Gasteiger charge is -2.18. The van der Waals surface area contributed by atoms with E-state index in [9.17, 15) is 4.79 Å². The number of thiocarbonyl (C=S) groups is 1. The first-order chi connectivity index (χ1) is 13.6. The molecule has 0 radical (unpaired) electrons. The van der Waals surface area contributed by atoms with Gasteiger partial charge in [-0.15, -0.1) is 0 Å². The molecule has 1 unspecified atom stereocenters. The minimum atomic E-state index is -0.0857. The molecule has 1 atom stereocenters. The zero-order valence-corrected chi connectivity index (χ0v) is 17.1. The molecule has 0 bridgehead atoms. The minimum Gasteiger partial charge on any atom is -0.496 e. The quantitative estimate of drug-likeness (QED) is 0.584. The first-order valence-corrected chi connectivity index (χ1v) is 10.4. The van der Waals surface area contributed by atoms with Crippen molar-refractivity contribution in [2.45, 2.75) is 38.3 Å². The third-order valence-electron chi connectivity index (χ3n) is 5.58. The summed E-state index contributed by atoms with van der Waals surface area (Å²) >= 11 is 5.38. The van der Waals surface area contributed by atoms with Crippen LogP contribution in [-0.2, 0) is 16.1 Å². The Morgan fingerprint density at radius 1 is 1.32 bits per heavy atom. The zero-order valence-electron chi connectivity index (χ0n) is 16.3. The van der Waals surface area contributed by atoms with Gasteiger partial charge in [0, 0.05) is 18.7 Å². The Morgan fingerprint density at radius 2 is 2.14 bits per heavy atom. The Kier molecular flexibility index (Phi) is 5.94. The van der Waals surface area contributed by atoms with Crippen molar-refractivity contribution in [2.75, 3.05) is 33.4 Å². The van der Waals surface area contributed by atoms with Gasteiger partial charge in [0.2, 0.25) is 0 Å². The number of nitrogens with zero attached hydrogens (tertiary/aromatic N) is 2. The number of hydrogen-bond donors (Lipinski definition) is 1. The van der Waals surface area contributed by atoms with Gasteiger partial charge in [0.15, 0.2) is 5.11 Å². The Balaban J connectivity index is 1.51. The van der Waals surface area contributed by atoms with Crippen molar-refractivity contribution in [3.05, 3.63) is 35.0 Å². The van der Waals surface area contributed by atoms with E-state index in [1.165, 1.54) is 12.8 Å². The summed E-state index contributed by atoms with van der Waals surface area (Å²) in [6, 6.07) is 6.05. The maximum absolute atomic E-state index is 12.8. The Labute approximate surface area is 171 Å². The predicted octanol–water partition coefficient (Wildman–Crippen LogP) is 2.53. The molecule has 6 nitrogen and oxygen atoms in total. The fourth-order valence-corrected chi connectivity index (χ4v) is 4.36. The summed E-state index contributed by atoms with van der Waals surface area (Å²) in [5.41, 5.74) is 2.62. The smallest absolute Gasteiger partial charge is 0.276 e. The monoisotopic (exact) mass is 401 g/mol. The molecule has 28 heavy (non-hydrogen) atoms. The van der Waals surface area contributed by atoms with E-state index in [1.807, 2.05) is 18.2 Å². The van der Waals surface area contributed by atoms with Crippen LogP contribution in [0, 0.1) is 0 Å². The van der Waals surface area contributed by atoms with E-state index in [0.717, 1.165) is 56.0 Å². The highest BCUT2D eigenvalue weighted by atomic mass is 32.1. The zero-order chi connectivity index (χ0) is 19.5. The molecule has 3 heterocycles. The number of ether oxygens (including phenoxy) is 2. The second-order valence-corrected chi connectivity index (χ2v) is 7.98. The van der Waals surface area contributed by atoms with Crippen LogP contribution in [0.3, 0.4) is 0 Å². The van der Waals surface area contributed by atoms with E-state index in [-0.39, 0.29) is 12.0 Å². The topological polar surface area (TPSA) is 54.0 Å². The number of benzene rings is 1. The van der Waals surface area contributed by atoms with Crippen LogP contribution in [0.5, 0.6) is 5.75 Å². The van der Waals surface area contributed by atoms with Gasteiger partial charge in [-0.25, -0.2) is 0 Å². The maximum Gasteiger partial charge on any atom is 0.276 e. The molecule has 4 rings (SSSR count).